The fourth-order valence-corrected chi connectivity index (χ4v) is 1.52. The van der Waals surface area contributed by atoms with E-state index in [1.165, 1.54) is 12.1 Å². The first kappa shape index (κ1) is 17.3. The zero-order chi connectivity index (χ0) is 13.3. The third kappa shape index (κ3) is 4.50. The van der Waals surface area contributed by atoms with Crippen LogP contribution in [0.3, 0.4) is 0 Å². The minimum atomic E-state index is -4.31. The van der Waals surface area contributed by atoms with Gasteiger partial charge in [0.2, 0.25) is 0 Å². The van der Waals surface area contributed by atoms with Crippen molar-refractivity contribution in [3.63, 3.8) is 0 Å². The maximum Gasteiger partial charge on any atom is 0.416 e. The molecule has 18 heavy (non-hydrogen) atoms. The lowest BCUT2D eigenvalue weighted by Crippen LogP contribution is -2.37. The molecule has 0 aliphatic carbocycles. The second-order valence-electron chi connectivity index (χ2n) is 5.33. The highest BCUT2D eigenvalue weighted by atomic mass is 35.5. The van der Waals surface area contributed by atoms with Crippen LogP contribution in [-0.2, 0) is 12.6 Å². The average Bonchev–Trinajstić information content (AvgIpc) is 2.15. The van der Waals surface area contributed by atoms with Gasteiger partial charge >= 0.3 is 6.18 Å². The summed E-state index contributed by atoms with van der Waals surface area (Å²) in [5, 5.41) is 0. The molecule has 0 saturated heterocycles. The molecule has 0 aromatic heterocycles. The second-order valence-corrected chi connectivity index (χ2v) is 5.33. The quantitative estimate of drug-likeness (QED) is 0.870. The summed E-state index contributed by atoms with van der Waals surface area (Å²) in [7, 11) is 0. The number of hydrogen-bond acceptors (Lipinski definition) is 1. The molecule has 1 aromatic rings. The monoisotopic (exact) mass is 281 g/mol. The third-order valence-electron chi connectivity index (χ3n) is 2.87. The Kier molecular flexibility index (Phi) is 5.69. The molecule has 2 N–H and O–H groups in total. The maximum absolute atomic E-state index is 12.8. The Labute approximate surface area is 112 Å². The summed E-state index contributed by atoms with van der Waals surface area (Å²) in [6, 6.07) is 5.31. The van der Waals surface area contributed by atoms with Crippen LogP contribution in [0.15, 0.2) is 24.3 Å². The van der Waals surface area contributed by atoms with E-state index >= 15 is 0 Å². The summed E-state index contributed by atoms with van der Waals surface area (Å²) in [6.07, 6.45) is -4.08. The third-order valence-corrected chi connectivity index (χ3v) is 2.87. The van der Waals surface area contributed by atoms with Crippen molar-refractivity contribution in [1.29, 1.82) is 0 Å². The maximum atomic E-state index is 12.8. The first-order valence-corrected chi connectivity index (χ1v) is 5.53. The van der Waals surface area contributed by atoms with Gasteiger partial charge in [0.25, 0.3) is 0 Å². The molecule has 0 heterocycles. The van der Waals surface area contributed by atoms with Crippen molar-refractivity contribution in [3.8, 4) is 0 Å². The molecule has 0 saturated carbocycles. The normalized spacial score (nSPS) is 13.9. The number of halogens is 4. The van der Waals surface area contributed by atoms with Gasteiger partial charge in [-0.3, -0.25) is 0 Å². The molecule has 104 valence electrons. The SMILES string of the molecule is CC(C)(C)C(N)Cc1ccccc1C(F)(F)F.Cl. The number of benzene rings is 1. The smallest absolute Gasteiger partial charge is 0.327 e. The Morgan fingerprint density at radius 1 is 1.11 bits per heavy atom. The van der Waals surface area contributed by atoms with Gasteiger partial charge in [0.15, 0.2) is 0 Å². The van der Waals surface area contributed by atoms with Crippen LogP contribution in [0.25, 0.3) is 0 Å². The van der Waals surface area contributed by atoms with E-state index < -0.39 is 11.7 Å². The minimum absolute atomic E-state index is 0. The van der Waals surface area contributed by atoms with E-state index in [1.807, 2.05) is 20.8 Å². The van der Waals surface area contributed by atoms with Crippen LogP contribution >= 0.6 is 12.4 Å². The number of nitrogens with two attached hydrogens (primary N) is 1. The highest BCUT2D eigenvalue weighted by Gasteiger charge is 2.34. The van der Waals surface area contributed by atoms with Crippen molar-refractivity contribution in [2.24, 2.45) is 11.1 Å². The van der Waals surface area contributed by atoms with Crippen LogP contribution in [0.1, 0.15) is 31.9 Å². The second kappa shape index (κ2) is 5.93. The molecule has 1 atom stereocenters. The lowest BCUT2D eigenvalue weighted by Gasteiger charge is -2.28. The standard InChI is InChI=1S/C13H18F3N.ClH/c1-12(2,3)11(17)8-9-6-4-5-7-10(9)13(14,15)16;/h4-7,11H,8,17H2,1-3H3;1H. The molecular weight excluding hydrogens is 263 g/mol. The molecule has 5 heteroatoms. The predicted molar refractivity (Wildman–Crippen MR) is 69.8 cm³/mol. The Hall–Kier alpha value is -0.740. The van der Waals surface area contributed by atoms with E-state index in [4.69, 9.17) is 5.73 Å². The van der Waals surface area contributed by atoms with Crippen LogP contribution in [0, 0.1) is 5.41 Å². The van der Waals surface area contributed by atoms with Crippen LogP contribution in [0.4, 0.5) is 13.2 Å². The summed E-state index contributed by atoms with van der Waals surface area (Å²) < 4.78 is 38.3. The zero-order valence-electron chi connectivity index (χ0n) is 10.7. The van der Waals surface area contributed by atoms with Gasteiger partial charge in [-0.15, -0.1) is 12.4 Å². The summed E-state index contributed by atoms with van der Waals surface area (Å²) in [5.41, 5.74) is 5.40. The fraction of sp³-hybridized carbons (Fsp3) is 0.538. The molecule has 0 amide bonds. The van der Waals surface area contributed by atoms with Gasteiger partial charge in [-0.2, -0.15) is 13.2 Å². The summed E-state index contributed by atoms with van der Waals surface area (Å²) in [6.45, 7) is 5.77. The Balaban J connectivity index is 0.00000289. The molecule has 1 rings (SSSR count). The molecule has 1 unspecified atom stereocenters. The van der Waals surface area contributed by atoms with E-state index in [1.54, 1.807) is 6.07 Å². The van der Waals surface area contributed by atoms with Crippen molar-refractivity contribution < 1.29 is 13.2 Å². The van der Waals surface area contributed by atoms with E-state index in [-0.39, 0.29) is 35.8 Å². The molecule has 0 aliphatic heterocycles. The van der Waals surface area contributed by atoms with Crippen molar-refractivity contribution in [2.45, 2.75) is 39.4 Å². The molecular formula is C13H19ClF3N. The number of alkyl halides is 3. The van der Waals surface area contributed by atoms with Gasteiger partial charge in [0.1, 0.15) is 0 Å². The van der Waals surface area contributed by atoms with Gasteiger partial charge in [-0.25, -0.2) is 0 Å². The van der Waals surface area contributed by atoms with Crippen LogP contribution in [0.5, 0.6) is 0 Å². The van der Waals surface area contributed by atoms with E-state index in [2.05, 4.69) is 0 Å². The molecule has 0 aliphatic rings. The van der Waals surface area contributed by atoms with Gasteiger partial charge < -0.3 is 5.73 Å². The van der Waals surface area contributed by atoms with E-state index in [0.29, 0.717) is 0 Å². The lowest BCUT2D eigenvalue weighted by atomic mass is 9.83. The molecule has 0 fully saturated rings. The lowest BCUT2D eigenvalue weighted by molar-refractivity contribution is -0.138. The highest BCUT2D eigenvalue weighted by molar-refractivity contribution is 5.85. The number of hydrogen-bond donors (Lipinski definition) is 1. The fourth-order valence-electron chi connectivity index (χ4n) is 1.52. The topological polar surface area (TPSA) is 26.0 Å². The average molecular weight is 282 g/mol. The largest absolute Gasteiger partial charge is 0.416 e. The highest BCUT2D eigenvalue weighted by Crippen LogP contribution is 2.33. The Bertz CT molecular complexity index is 383. The summed E-state index contributed by atoms with van der Waals surface area (Å²) in [4.78, 5) is 0. The first-order chi connectivity index (χ1) is 7.62. The van der Waals surface area contributed by atoms with Crippen LogP contribution < -0.4 is 5.73 Å². The van der Waals surface area contributed by atoms with Gasteiger partial charge in [0.05, 0.1) is 5.56 Å². The Morgan fingerprint density at radius 2 is 1.61 bits per heavy atom. The minimum Gasteiger partial charge on any atom is -0.327 e. The number of rotatable bonds is 2. The molecule has 1 nitrogen and oxygen atoms in total. The van der Waals surface area contributed by atoms with Crippen molar-refractivity contribution >= 4 is 12.4 Å². The molecule has 0 bridgehead atoms. The van der Waals surface area contributed by atoms with Crippen molar-refractivity contribution in [2.75, 3.05) is 0 Å². The van der Waals surface area contributed by atoms with Crippen molar-refractivity contribution in [3.05, 3.63) is 35.4 Å². The molecule has 0 radical (unpaired) electrons. The van der Waals surface area contributed by atoms with Crippen molar-refractivity contribution in [1.82, 2.24) is 0 Å². The summed E-state index contributed by atoms with van der Waals surface area (Å²) in [5.74, 6) is 0. The Morgan fingerprint density at radius 3 is 2.06 bits per heavy atom. The van der Waals surface area contributed by atoms with Gasteiger partial charge in [-0.05, 0) is 23.5 Å². The van der Waals surface area contributed by atoms with E-state index in [9.17, 15) is 13.2 Å². The van der Waals surface area contributed by atoms with Gasteiger partial charge in [0, 0.05) is 6.04 Å². The predicted octanol–water partition coefficient (Wildman–Crippen LogP) is 4.04. The van der Waals surface area contributed by atoms with E-state index in [0.717, 1.165) is 6.07 Å². The first-order valence-electron chi connectivity index (χ1n) is 5.53. The van der Waals surface area contributed by atoms with Gasteiger partial charge in [-0.1, -0.05) is 39.0 Å². The van der Waals surface area contributed by atoms with Crippen LogP contribution in [-0.4, -0.2) is 6.04 Å². The zero-order valence-corrected chi connectivity index (χ0v) is 11.5. The van der Waals surface area contributed by atoms with Crippen LogP contribution in [0.2, 0.25) is 0 Å². The molecule has 1 aromatic carbocycles. The molecule has 0 spiro atoms. The summed E-state index contributed by atoms with van der Waals surface area (Å²) >= 11 is 0.